The van der Waals surface area contributed by atoms with E-state index >= 15 is 0 Å². The van der Waals surface area contributed by atoms with Crippen molar-refractivity contribution in [3.8, 4) is 11.5 Å². The molecule has 0 aromatic heterocycles. The van der Waals surface area contributed by atoms with Gasteiger partial charge in [0.2, 0.25) is 5.91 Å². The lowest BCUT2D eigenvalue weighted by Gasteiger charge is -2.27. The molecule has 4 rings (SSSR count). The maximum absolute atomic E-state index is 12.9. The van der Waals surface area contributed by atoms with E-state index < -0.39 is 12.1 Å². The Bertz CT molecular complexity index is 1090. The molecule has 7 heteroatoms. The summed E-state index contributed by atoms with van der Waals surface area (Å²) in [5.74, 6) is 2.12. The van der Waals surface area contributed by atoms with E-state index in [1.54, 1.807) is 11.8 Å². The number of nitrogens with two attached hydrogens (primary N) is 1. The number of hydrogen-bond acceptors (Lipinski definition) is 4. The topological polar surface area (TPSA) is 93.5 Å². The molecular weight excluding hydrogens is 422 g/mol. The highest BCUT2D eigenvalue weighted by Gasteiger charge is 2.24. The zero-order chi connectivity index (χ0) is 22.3. The van der Waals surface area contributed by atoms with Crippen molar-refractivity contribution in [2.75, 3.05) is 5.75 Å². The zero-order valence-corrected chi connectivity index (χ0v) is 18.3. The van der Waals surface area contributed by atoms with Crippen molar-refractivity contribution in [2.45, 2.75) is 29.8 Å². The van der Waals surface area contributed by atoms with Gasteiger partial charge in [-0.05, 0) is 47.9 Å². The molecule has 2 unspecified atom stereocenters. The number of para-hydroxylation sites is 1. The molecule has 0 aliphatic carbocycles. The molecule has 1 aliphatic heterocycles. The summed E-state index contributed by atoms with van der Waals surface area (Å²) in [4.78, 5) is 25.8. The summed E-state index contributed by atoms with van der Waals surface area (Å²) in [6.07, 6.45) is 0.936. The number of carbonyl (C=O) groups excluding carboxylic acids is 2. The maximum atomic E-state index is 12.9. The first kappa shape index (κ1) is 21.8. The first-order chi connectivity index (χ1) is 15.6. The van der Waals surface area contributed by atoms with Crippen LogP contribution in [0.2, 0.25) is 0 Å². The number of nitrogens with one attached hydrogen (secondary N) is 2. The molecule has 3 aromatic carbocycles. The summed E-state index contributed by atoms with van der Waals surface area (Å²) in [5, 5.41) is 5.82. The molecule has 0 saturated heterocycles. The van der Waals surface area contributed by atoms with Gasteiger partial charge in [-0.3, -0.25) is 4.79 Å². The van der Waals surface area contributed by atoms with Gasteiger partial charge in [-0.1, -0.05) is 48.5 Å². The third-order valence-electron chi connectivity index (χ3n) is 5.24. The molecule has 0 spiro atoms. The Labute approximate surface area is 191 Å². The smallest absolute Gasteiger partial charge is 0.312 e. The molecule has 0 fully saturated rings. The van der Waals surface area contributed by atoms with Gasteiger partial charge in [0.05, 0.1) is 18.5 Å². The number of ether oxygens (including phenoxy) is 1. The fourth-order valence-electron chi connectivity index (χ4n) is 3.77. The number of benzene rings is 3. The lowest BCUT2D eigenvalue weighted by atomic mass is 10.0. The average Bonchev–Trinajstić information content (AvgIpc) is 2.79. The summed E-state index contributed by atoms with van der Waals surface area (Å²) < 4.78 is 5.89. The van der Waals surface area contributed by atoms with E-state index in [9.17, 15) is 9.59 Å². The van der Waals surface area contributed by atoms with Gasteiger partial charge < -0.3 is 21.1 Å². The van der Waals surface area contributed by atoms with Crippen molar-refractivity contribution >= 4 is 23.7 Å². The van der Waals surface area contributed by atoms with Crippen molar-refractivity contribution in [1.82, 2.24) is 10.6 Å². The number of urea groups is 1. The Kier molecular flexibility index (Phi) is 6.97. The molecule has 1 aliphatic rings. The van der Waals surface area contributed by atoms with Crippen molar-refractivity contribution in [3.05, 3.63) is 90.0 Å². The Morgan fingerprint density at radius 3 is 2.56 bits per heavy atom. The molecule has 1 heterocycles. The van der Waals surface area contributed by atoms with Crippen LogP contribution in [0.25, 0.3) is 0 Å². The SMILES string of the molecule is NC(=O)NC(CC(=O)NC1CCSc2ccccc21)c1cccc(Oc2ccccc2)c1. The summed E-state index contributed by atoms with van der Waals surface area (Å²) in [6, 6.07) is 23.6. The summed E-state index contributed by atoms with van der Waals surface area (Å²) in [6.45, 7) is 0. The molecule has 4 N–H and O–H groups in total. The molecule has 164 valence electrons. The molecule has 2 atom stereocenters. The van der Waals surface area contributed by atoms with E-state index in [1.165, 1.54) is 4.90 Å². The van der Waals surface area contributed by atoms with Crippen molar-refractivity contribution in [3.63, 3.8) is 0 Å². The zero-order valence-electron chi connectivity index (χ0n) is 17.5. The van der Waals surface area contributed by atoms with Crippen molar-refractivity contribution in [1.29, 1.82) is 0 Å². The number of amides is 3. The monoisotopic (exact) mass is 447 g/mol. The van der Waals surface area contributed by atoms with Crippen LogP contribution >= 0.6 is 11.8 Å². The van der Waals surface area contributed by atoms with Gasteiger partial charge in [0.15, 0.2) is 0 Å². The lowest BCUT2D eigenvalue weighted by Crippen LogP contribution is -2.38. The van der Waals surface area contributed by atoms with Crippen LogP contribution in [0, 0.1) is 0 Å². The number of carbonyl (C=O) groups is 2. The molecule has 6 nitrogen and oxygen atoms in total. The Morgan fingerprint density at radius 2 is 1.75 bits per heavy atom. The van der Waals surface area contributed by atoms with E-state index in [0.29, 0.717) is 11.5 Å². The largest absolute Gasteiger partial charge is 0.457 e. The highest BCUT2D eigenvalue weighted by atomic mass is 32.2. The van der Waals surface area contributed by atoms with Crippen LogP contribution in [0.1, 0.15) is 36.1 Å². The van der Waals surface area contributed by atoms with Gasteiger partial charge in [-0.25, -0.2) is 4.79 Å². The number of hydrogen-bond donors (Lipinski definition) is 3. The van der Waals surface area contributed by atoms with Gasteiger partial charge in [0, 0.05) is 10.6 Å². The number of primary amides is 1. The molecule has 0 saturated carbocycles. The van der Waals surface area contributed by atoms with Gasteiger partial charge >= 0.3 is 6.03 Å². The van der Waals surface area contributed by atoms with Crippen LogP contribution in [-0.2, 0) is 4.79 Å². The minimum atomic E-state index is -0.684. The minimum Gasteiger partial charge on any atom is -0.457 e. The predicted octanol–water partition coefficient (Wildman–Crippen LogP) is 4.93. The van der Waals surface area contributed by atoms with Gasteiger partial charge in [0.1, 0.15) is 11.5 Å². The maximum Gasteiger partial charge on any atom is 0.312 e. The predicted molar refractivity (Wildman–Crippen MR) is 126 cm³/mol. The highest BCUT2D eigenvalue weighted by molar-refractivity contribution is 7.99. The van der Waals surface area contributed by atoms with Crippen molar-refractivity contribution < 1.29 is 14.3 Å². The Hall–Kier alpha value is -3.45. The van der Waals surface area contributed by atoms with Gasteiger partial charge in [0.25, 0.3) is 0 Å². The van der Waals surface area contributed by atoms with E-state index in [-0.39, 0.29) is 18.4 Å². The fraction of sp³-hybridized carbons (Fsp3) is 0.200. The summed E-state index contributed by atoms with van der Waals surface area (Å²) in [5.41, 5.74) is 7.28. The van der Waals surface area contributed by atoms with Gasteiger partial charge in [-0.2, -0.15) is 0 Å². The van der Waals surface area contributed by atoms with E-state index in [1.807, 2.05) is 66.7 Å². The second-order valence-electron chi connectivity index (χ2n) is 7.55. The molecule has 32 heavy (non-hydrogen) atoms. The minimum absolute atomic E-state index is 0.0399. The van der Waals surface area contributed by atoms with Crippen LogP contribution < -0.4 is 21.1 Å². The fourth-order valence-corrected chi connectivity index (χ4v) is 4.90. The quantitative estimate of drug-likeness (QED) is 0.479. The first-order valence-electron chi connectivity index (χ1n) is 10.5. The van der Waals surface area contributed by atoms with E-state index in [4.69, 9.17) is 10.5 Å². The number of rotatable bonds is 7. The van der Waals surface area contributed by atoms with Crippen LogP contribution in [0.15, 0.2) is 83.8 Å². The Morgan fingerprint density at radius 1 is 1.00 bits per heavy atom. The molecule has 0 bridgehead atoms. The van der Waals surface area contributed by atoms with Crippen molar-refractivity contribution in [2.24, 2.45) is 5.73 Å². The second-order valence-corrected chi connectivity index (χ2v) is 8.68. The molecule has 3 aromatic rings. The summed E-state index contributed by atoms with van der Waals surface area (Å²) in [7, 11) is 0. The number of thioether (sulfide) groups is 1. The summed E-state index contributed by atoms with van der Waals surface area (Å²) >= 11 is 1.80. The first-order valence-corrected chi connectivity index (χ1v) is 11.5. The molecule has 0 radical (unpaired) electrons. The van der Waals surface area contributed by atoms with Crippen LogP contribution in [0.5, 0.6) is 11.5 Å². The van der Waals surface area contributed by atoms with Crippen LogP contribution in [-0.4, -0.2) is 17.7 Å². The second kappa shape index (κ2) is 10.2. The standard InChI is InChI=1S/C25H25N3O3S/c26-25(30)28-22(17-7-6-10-19(15-17)31-18-8-2-1-3-9-18)16-24(29)27-21-13-14-32-23-12-5-4-11-20(21)23/h1-12,15,21-22H,13-14,16H2,(H,27,29)(H3,26,28,30). The van der Waals surface area contributed by atoms with E-state index in [0.717, 1.165) is 23.3 Å². The van der Waals surface area contributed by atoms with Crippen LogP contribution in [0.4, 0.5) is 4.79 Å². The van der Waals surface area contributed by atoms with Crippen LogP contribution in [0.3, 0.4) is 0 Å². The molecule has 3 amide bonds. The van der Waals surface area contributed by atoms with E-state index in [2.05, 4.69) is 22.8 Å². The molecular formula is C25H25N3O3S. The third kappa shape index (κ3) is 5.62. The highest BCUT2D eigenvalue weighted by Crippen LogP contribution is 2.36. The third-order valence-corrected chi connectivity index (χ3v) is 6.36. The number of fused-ring (bicyclic) bond motifs is 1. The lowest BCUT2D eigenvalue weighted by molar-refractivity contribution is -0.122. The normalized spacial score (nSPS) is 15.8. The van der Waals surface area contributed by atoms with Gasteiger partial charge in [-0.15, -0.1) is 11.8 Å². The Balaban J connectivity index is 1.48. The average molecular weight is 448 g/mol.